The number of nitrogens with one attached hydrogen (secondary N) is 1. The zero-order valence-electron chi connectivity index (χ0n) is 19.6. The third-order valence-corrected chi connectivity index (χ3v) is 10.6. The number of rotatable bonds is 5. The van der Waals surface area contributed by atoms with Gasteiger partial charge in [-0.3, -0.25) is 18.9 Å². The minimum absolute atomic E-state index is 0.0114. The molecular formula is C23H27F3N4O4S. The Labute approximate surface area is 202 Å². The summed E-state index contributed by atoms with van der Waals surface area (Å²) in [5, 5.41) is 2.62. The van der Waals surface area contributed by atoms with E-state index in [2.05, 4.69) is 20.0 Å². The number of carbonyl (C=O) groups is 1. The maximum Gasteiger partial charge on any atom is 0.387 e. The summed E-state index contributed by atoms with van der Waals surface area (Å²) in [6.07, 6.45) is 1.87. The minimum atomic E-state index is -3.33. The van der Waals surface area contributed by atoms with Gasteiger partial charge in [-0.1, -0.05) is 0 Å². The van der Waals surface area contributed by atoms with Gasteiger partial charge in [0.15, 0.2) is 0 Å². The highest BCUT2D eigenvalue weighted by molar-refractivity contribution is 8.27. The highest BCUT2D eigenvalue weighted by Crippen LogP contribution is 2.79. The Morgan fingerprint density at radius 1 is 1.23 bits per heavy atom. The summed E-state index contributed by atoms with van der Waals surface area (Å²) in [6.45, 7) is 3.33. The molecule has 1 saturated carbocycles. The van der Waals surface area contributed by atoms with E-state index in [0.29, 0.717) is 18.4 Å². The van der Waals surface area contributed by atoms with E-state index in [1.165, 1.54) is 25.1 Å². The molecule has 1 aromatic carbocycles. The van der Waals surface area contributed by atoms with E-state index in [9.17, 15) is 22.7 Å². The number of aliphatic imine (C=N–C) groups is 1. The van der Waals surface area contributed by atoms with Gasteiger partial charge in [0, 0.05) is 11.3 Å². The Bertz CT molecular complexity index is 1230. The molecule has 190 valence electrons. The number of pyridine rings is 1. The predicted octanol–water partition coefficient (Wildman–Crippen LogP) is 5.03. The normalized spacial score (nSPS) is 24.6. The second kappa shape index (κ2) is 8.10. The summed E-state index contributed by atoms with van der Waals surface area (Å²) in [4.78, 5) is 21.3. The number of nitrogens with two attached hydrogens (primary N) is 1. The van der Waals surface area contributed by atoms with Crippen molar-refractivity contribution in [1.29, 1.82) is 0 Å². The summed E-state index contributed by atoms with van der Waals surface area (Å²) < 4.78 is 64.5. The van der Waals surface area contributed by atoms with Crippen LogP contribution in [0.1, 0.15) is 55.2 Å². The number of carbonyl (C=O) groups excluding carboxylic acids is 1. The Hall–Kier alpha value is -2.83. The number of halogens is 3. The molecule has 0 radical (unpaired) electrons. The molecule has 0 bridgehead atoms. The van der Waals surface area contributed by atoms with Crippen LogP contribution in [0.3, 0.4) is 0 Å². The van der Waals surface area contributed by atoms with E-state index in [1.54, 1.807) is 20.8 Å². The van der Waals surface area contributed by atoms with Crippen LogP contribution in [-0.4, -0.2) is 41.9 Å². The SMILES string of the molecule is Cc1cc(OC(F)F)cnc1C(=O)Nc1ccc(F)c([C@@]2(C)N=C(N)C(C)(C)S(O)(O)C23CC3)c1. The topological polar surface area (TPSA) is 130 Å². The molecule has 12 heteroatoms. The molecule has 2 aromatic rings. The van der Waals surface area contributed by atoms with Crippen molar-refractivity contribution in [3.8, 4) is 5.75 Å². The van der Waals surface area contributed by atoms with Gasteiger partial charge >= 0.3 is 6.61 Å². The van der Waals surface area contributed by atoms with Gasteiger partial charge in [0.2, 0.25) is 0 Å². The standard InChI is InChI=1S/C23H27F3N4O4S/c1-12-9-14(34-20(25)26)11-28-17(12)18(31)29-13-5-6-16(24)15(10-13)22(4)23(7-8-23)35(32,33)21(2,3)19(27)30-22/h5-6,9-11,20,32-33H,7-8H2,1-4H3,(H2,27,30)(H,29,31)/t22-/m1/s1. The van der Waals surface area contributed by atoms with Crippen molar-refractivity contribution in [1.82, 2.24) is 4.98 Å². The molecule has 2 aliphatic rings. The van der Waals surface area contributed by atoms with E-state index in [0.717, 1.165) is 12.3 Å². The van der Waals surface area contributed by atoms with Crippen molar-refractivity contribution >= 4 is 28.0 Å². The minimum Gasteiger partial charge on any atom is -0.433 e. The summed E-state index contributed by atoms with van der Waals surface area (Å²) in [5.41, 5.74) is 5.32. The van der Waals surface area contributed by atoms with E-state index in [4.69, 9.17) is 5.73 Å². The molecule has 1 spiro atoms. The number of benzene rings is 1. The average molecular weight is 513 g/mol. The van der Waals surface area contributed by atoms with Gasteiger partial charge in [-0.05, 0) is 70.4 Å². The summed E-state index contributed by atoms with van der Waals surface area (Å²) in [6, 6.07) is 5.15. The van der Waals surface area contributed by atoms with Crippen molar-refractivity contribution in [2.75, 3.05) is 5.32 Å². The highest BCUT2D eigenvalue weighted by atomic mass is 32.3. The van der Waals surface area contributed by atoms with Crippen molar-refractivity contribution in [3.63, 3.8) is 0 Å². The molecule has 35 heavy (non-hydrogen) atoms. The van der Waals surface area contributed by atoms with Crippen LogP contribution in [0.15, 0.2) is 35.5 Å². The van der Waals surface area contributed by atoms with Crippen LogP contribution in [0.5, 0.6) is 5.75 Å². The quantitative estimate of drug-likeness (QED) is 0.445. The van der Waals surface area contributed by atoms with Crippen LogP contribution in [0.2, 0.25) is 0 Å². The molecule has 0 saturated heterocycles. The molecular weight excluding hydrogens is 485 g/mol. The van der Waals surface area contributed by atoms with Gasteiger partial charge < -0.3 is 15.8 Å². The number of hydrogen-bond donors (Lipinski definition) is 4. The number of amidine groups is 1. The van der Waals surface area contributed by atoms with Gasteiger partial charge in [0.25, 0.3) is 5.91 Å². The summed E-state index contributed by atoms with van der Waals surface area (Å²) in [7, 11) is -3.33. The second-order valence-electron chi connectivity index (χ2n) is 9.49. The maximum atomic E-state index is 15.2. The second-order valence-corrected chi connectivity index (χ2v) is 12.4. The number of aryl methyl sites for hydroxylation is 1. The van der Waals surface area contributed by atoms with Gasteiger partial charge in [0.05, 0.1) is 10.9 Å². The van der Waals surface area contributed by atoms with Crippen LogP contribution in [0.25, 0.3) is 0 Å². The Morgan fingerprint density at radius 2 is 1.89 bits per heavy atom. The highest BCUT2D eigenvalue weighted by Gasteiger charge is 2.72. The number of ether oxygens (including phenoxy) is 1. The maximum absolute atomic E-state index is 15.2. The molecule has 2 heterocycles. The van der Waals surface area contributed by atoms with Crippen LogP contribution in [-0.2, 0) is 5.54 Å². The monoisotopic (exact) mass is 512 g/mol. The van der Waals surface area contributed by atoms with Crippen LogP contribution >= 0.6 is 10.6 Å². The van der Waals surface area contributed by atoms with E-state index in [1.807, 2.05) is 0 Å². The lowest BCUT2D eigenvalue weighted by molar-refractivity contribution is -0.0501. The first kappa shape index (κ1) is 25.3. The van der Waals surface area contributed by atoms with E-state index < -0.39 is 44.0 Å². The number of aromatic nitrogens is 1. The van der Waals surface area contributed by atoms with Crippen LogP contribution in [0, 0.1) is 12.7 Å². The molecule has 1 atom stereocenters. The molecule has 1 aromatic heterocycles. The molecule has 1 aliphatic carbocycles. The summed E-state index contributed by atoms with van der Waals surface area (Å²) in [5.74, 6) is -1.45. The first-order valence-corrected chi connectivity index (χ1v) is 12.4. The van der Waals surface area contributed by atoms with Gasteiger partial charge in [0.1, 0.15) is 33.4 Å². The Morgan fingerprint density at radius 3 is 2.46 bits per heavy atom. The molecule has 8 nitrogen and oxygen atoms in total. The van der Waals surface area contributed by atoms with E-state index >= 15 is 4.39 Å². The smallest absolute Gasteiger partial charge is 0.387 e. The first-order chi connectivity index (χ1) is 16.2. The van der Waals surface area contributed by atoms with Crippen molar-refractivity contribution in [2.45, 2.75) is 62.2 Å². The fourth-order valence-corrected chi connectivity index (χ4v) is 7.40. The summed E-state index contributed by atoms with van der Waals surface area (Å²) >= 11 is 0. The average Bonchev–Trinajstić information content (AvgIpc) is 3.56. The fourth-order valence-electron chi connectivity index (χ4n) is 4.70. The van der Waals surface area contributed by atoms with Crippen molar-refractivity contribution in [2.24, 2.45) is 10.7 Å². The largest absolute Gasteiger partial charge is 0.433 e. The van der Waals surface area contributed by atoms with Crippen LogP contribution < -0.4 is 15.8 Å². The molecule has 5 N–H and O–H groups in total. The zero-order chi connectivity index (χ0) is 26.0. The third-order valence-electron chi connectivity index (χ3n) is 7.05. The van der Waals surface area contributed by atoms with Gasteiger partial charge in [-0.15, -0.1) is 0 Å². The zero-order valence-corrected chi connectivity index (χ0v) is 20.4. The lowest BCUT2D eigenvalue weighted by Gasteiger charge is -2.60. The molecule has 1 aliphatic heterocycles. The third kappa shape index (κ3) is 3.74. The fraction of sp³-hybridized carbons (Fsp3) is 0.435. The molecule has 1 amide bonds. The number of hydrogen-bond acceptors (Lipinski definition) is 7. The van der Waals surface area contributed by atoms with Crippen molar-refractivity contribution in [3.05, 3.63) is 53.1 Å². The Kier molecular flexibility index (Phi) is 5.85. The first-order valence-electron chi connectivity index (χ1n) is 10.8. The van der Waals surface area contributed by atoms with E-state index in [-0.39, 0.29) is 28.5 Å². The number of nitrogens with zero attached hydrogens (tertiary/aromatic N) is 2. The van der Waals surface area contributed by atoms with Crippen LogP contribution in [0.4, 0.5) is 18.9 Å². The van der Waals surface area contributed by atoms with Gasteiger partial charge in [-0.25, -0.2) is 9.37 Å². The molecule has 0 unspecified atom stereocenters. The molecule has 4 rings (SSSR count). The number of amides is 1. The number of anilines is 1. The van der Waals surface area contributed by atoms with Gasteiger partial charge in [-0.2, -0.15) is 19.4 Å². The molecule has 1 fully saturated rings. The van der Waals surface area contributed by atoms with Crippen molar-refractivity contribution < 1.29 is 31.8 Å². The lowest BCUT2D eigenvalue weighted by atomic mass is 9.85. The Balaban J connectivity index is 1.69. The number of alkyl halides is 2. The lowest BCUT2D eigenvalue weighted by Crippen LogP contribution is -2.58. The predicted molar refractivity (Wildman–Crippen MR) is 128 cm³/mol.